The van der Waals surface area contributed by atoms with Crippen LogP contribution in [0.4, 0.5) is 0 Å². The Hall–Kier alpha value is -0.870. The van der Waals surface area contributed by atoms with E-state index < -0.39 is 0 Å². The number of carbonyl (C=O) groups excluding carboxylic acids is 1. The highest BCUT2D eigenvalue weighted by atomic mass is 16.5. The van der Waals surface area contributed by atoms with Gasteiger partial charge >= 0.3 is 0 Å². The lowest BCUT2D eigenvalue weighted by Gasteiger charge is -2.50. The smallest absolute Gasteiger partial charge is 0.223 e. The standard InChI is InChI=1S/C17H27NO3/c1-20-13-17-8-4-10-21-15(17)7-9-18(12-17)16(19)11-14-5-2-3-6-14/h2,5,14-15H,3-4,6-13H2,1H3/t14-,15-,17+/m0/s1. The maximum Gasteiger partial charge on any atom is 0.223 e. The molecule has 0 radical (unpaired) electrons. The summed E-state index contributed by atoms with van der Waals surface area (Å²) in [4.78, 5) is 14.7. The second-order valence-corrected chi connectivity index (χ2v) is 6.83. The van der Waals surface area contributed by atoms with E-state index in [0.717, 1.165) is 51.8 Å². The lowest BCUT2D eigenvalue weighted by atomic mass is 9.73. The Morgan fingerprint density at radius 2 is 2.38 bits per heavy atom. The number of carbonyl (C=O) groups is 1. The normalized spacial score (nSPS) is 35.8. The van der Waals surface area contributed by atoms with E-state index in [-0.39, 0.29) is 11.5 Å². The van der Waals surface area contributed by atoms with Gasteiger partial charge in [0.15, 0.2) is 0 Å². The van der Waals surface area contributed by atoms with Crippen molar-refractivity contribution in [2.24, 2.45) is 11.3 Å². The Morgan fingerprint density at radius 1 is 1.48 bits per heavy atom. The van der Waals surface area contributed by atoms with E-state index in [1.807, 2.05) is 0 Å². The Labute approximate surface area is 127 Å². The molecule has 3 atom stereocenters. The number of ether oxygens (including phenoxy) is 2. The molecule has 0 aromatic carbocycles. The molecule has 3 rings (SSSR count). The van der Waals surface area contributed by atoms with Gasteiger partial charge in [-0.1, -0.05) is 12.2 Å². The summed E-state index contributed by atoms with van der Waals surface area (Å²) in [5, 5.41) is 0. The number of nitrogens with zero attached hydrogens (tertiary/aromatic N) is 1. The summed E-state index contributed by atoms with van der Waals surface area (Å²) in [6.07, 6.45) is 10.7. The Kier molecular flexibility index (Phi) is 4.65. The van der Waals surface area contributed by atoms with Crippen LogP contribution < -0.4 is 0 Å². The number of amides is 1. The summed E-state index contributed by atoms with van der Waals surface area (Å²) in [5.74, 6) is 0.766. The van der Waals surface area contributed by atoms with Gasteiger partial charge in [0.1, 0.15) is 0 Å². The van der Waals surface area contributed by atoms with Crippen LogP contribution in [-0.2, 0) is 14.3 Å². The first-order valence-corrected chi connectivity index (χ1v) is 8.28. The molecule has 4 heteroatoms. The molecular weight excluding hydrogens is 266 g/mol. The molecule has 0 unspecified atom stereocenters. The van der Waals surface area contributed by atoms with Crippen LogP contribution in [0.25, 0.3) is 0 Å². The fourth-order valence-electron chi connectivity index (χ4n) is 4.22. The molecule has 2 heterocycles. The monoisotopic (exact) mass is 293 g/mol. The van der Waals surface area contributed by atoms with Crippen molar-refractivity contribution in [3.05, 3.63) is 12.2 Å². The van der Waals surface area contributed by atoms with Crippen LogP contribution in [0.2, 0.25) is 0 Å². The lowest BCUT2D eigenvalue weighted by molar-refractivity contribution is -0.162. The van der Waals surface area contributed by atoms with Gasteiger partial charge in [-0.3, -0.25) is 4.79 Å². The molecule has 1 amide bonds. The zero-order chi connectivity index (χ0) is 14.7. The van der Waals surface area contributed by atoms with Gasteiger partial charge in [-0.25, -0.2) is 0 Å². The van der Waals surface area contributed by atoms with Gasteiger partial charge in [-0.2, -0.15) is 0 Å². The molecule has 1 aliphatic carbocycles. The quantitative estimate of drug-likeness (QED) is 0.747. The molecule has 2 saturated heterocycles. The molecule has 2 aliphatic heterocycles. The van der Waals surface area contributed by atoms with Gasteiger partial charge in [0, 0.05) is 38.6 Å². The average Bonchev–Trinajstić information content (AvgIpc) is 2.99. The highest BCUT2D eigenvalue weighted by Gasteiger charge is 2.47. The van der Waals surface area contributed by atoms with Crippen molar-refractivity contribution in [2.75, 3.05) is 33.4 Å². The zero-order valence-electron chi connectivity index (χ0n) is 13.1. The molecule has 118 valence electrons. The third-order valence-corrected chi connectivity index (χ3v) is 5.32. The van der Waals surface area contributed by atoms with E-state index in [0.29, 0.717) is 24.9 Å². The summed E-state index contributed by atoms with van der Waals surface area (Å²) in [5.41, 5.74) is 0.0203. The van der Waals surface area contributed by atoms with Crippen LogP contribution in [0, 0.1) is 11.3 Å². The topological polar surface area (TPSA) is 38.8 Å². The Bertz CT molecular complexity index is 405. The predicted molar refractivity (Wildman–Crippen MR) is 81.0 cm³/mol. The fourth-order valence-corrected chi connectivity index (χ4v) is 4.22. The van der Waals surface area contributed by atoms with Gasteiger partial charge in [-0.15, -0.1) is 0 Å². The summed E-state index contributed by atoms with van der Waals surface area (Å²) < 4.78 is 11.4. The largest absolute Gasteiger partial charge is 0.384 e. The number of piperidine rings is 1. The second kappa shape index (κ2) is 6.49. The van der Waals surface area contributed by atoms with Crippen LogP contribution in [0.3, 0.4) is 0 Å². The highest BCUT2D eigenvalue weighted by molar-refractivity contribution is 5.77. The van der Waals surface area contributed by atoms with Gasteiger partial charge in [0.05, 0.1) is 12.7 Å². The summed E-state index contributed by atoms with van der Waals surface area (Å²) >= 11 is 0. The fraction of sp³-hybridized carbons (Fsp3) is 0.824. The molecule has 4 nitrogen and oxygen atoms in total. The number of likely N-dealkylation sites (tertiary alicyclic amines) is 1. The van der Waals surface area contributed by atoms with Crippen molar-refractivity contribution in [2.45, 2.75) is 44.6 Å². The maximum atomic E-state index is 12.6. The van der Waals surface area contributed by atoms with Crippen molar-refractivity contribution in [3.63, 3.8) is 0 Å². The Balaban J connectivity index is 1.64. The van der Waals surface area contributed by atoms with Gasteiger partial charge in [-0.05, 0) is 38.0 Å². The van der Waals surface area contributed by atoms with Crippen LogP contribution in [-0.4, -0.2) is 50.3 Å². The predicted octanol–water partition coefficient (Wildman–Crippen LogP) is 2.39. The average molecular weight is 293 g/mol. The third kappa shape index (κ3) is 3.16. The van der Waals surface area contributed by atoms with Gasteiger partial charge < -0.3 is 14.4 Å². The van der Waals surface area contributed by atoms with E-state index in [1.54, 1.807) is 7.11 Å². The molecule has 0 spiro atoms. The van der Waals surface area contributed by atoms with Gasteiger partial charge in [0.25, 0.3) is 0 Å². The SMILES string of the molecule is COC[C@]12CCCO[C@H]1CCN(C(=O)C[C@H]1C=CCC1)C2. The molecule has 0 aromatic rings. The van der Waals surface area contributed by atoms with Crippen LogP contribution in [0.5, 0.6) is 0 Å². The summed E-state index contributed by atoms with van der Waals surface area (Å²) in [7, 11) is 1.75. The molecular formula is C17H27NO3. The van der Waals surface area contributed by atoms with E-state index in [4.69, 9.17) is 9.47 Å². The number of methoxy groups -OCH3 is 1. The van der Waals surface area contributed by atoms with E-state index in [9.17, 15) is 4.79 Å². The maximum absolute atomic E-state index is 12.6. The van der Waals surface area contributed by atoms with Crippen LogP contribution in [0.1, 0.15) is 38.5 Å². The molecule has 0 aromatic heterocycles. The van der Waals surface area contributed by atoms with Crippen molar-refractivity contribution in [3.8, 4) is 0 Å². The Morgan fingerprint density at radius 3 is 3.14 bits per heavy atom. The van der Waals surface area contributed by atoms with Crippen LogP contribution >= 0.6 is 0 Å². The van der Waals surface area contributed by atoms with E-state index >= 15 is 0 Å². The first-order chi connectivity index (χ1) is 10.2. The van der Waals surface area contributed by atoms with Crippen molar-refractivity contribution in [1.82, 2.24) is 4.90 Å². The molecule has 0 saturated carbocycles. The minimum atomic E-state index is 0.0203. The number of hydrogen-bond acceptors (Lipinski definition) is 3. The van der Waals surface area contributed by atoms with Gasteiger partial charge in [0.2, 0.25) is 5.91 Å². The number of hydrogen-bond donors (Lipinski definition) is 0. The highest BCUT2D eigenvalue weighted by Crippen LogP contribution is 2.40. The first kappa shape index (κ1) is 15.0. The molecule has 0 bridgehead atoms. The summed E-state index contributed by atoms with van der Waals surface area (Å²) in [6.45, 7) is 3.20. The van der Waals surface area contributed by atoms with Crippen molar-refractivity contribution < 1.29 is 14.3 Å². The molecule has 3 aliphatic rings. The summed E-state index contributed by atoms with van der Waals surface area (Å²) in [6, 6.07) is 0. The zero-order valence-corrected chi connectivity index (χ0v) is 13.1. The third-order valence-electron chi connectivity index (χ3n) is 5.32. The number of fused-ring (bicyclic) bond motifs is 1. The minimum absolute atomic E-state index is 0.0203. The van der Waals surface area contributed by atoms with Crippen LogP contribution in [0.15, 0.2) is 12.2 Å². The number of rotatable bonds is 4. The first-order valence-electron chi connectivity index (χ1n) is 8.28. The van der Waals surface area contributed by atoms with Crippen molar-refractivity contribution in [1.29, 1.82) is 0 Å². The van der Waals surface area contributed by atoms with E-state index in [1.165, 1.54) is 0 Å². The molecule has 21 heavy (non-hydrogen) atoms. The number of allylic oxidation sites excluding steroid dienone is 2. The molecule has 0 N–H and O–H groups in total. The van der Waals surface area contributed by atoms with E-state index in [2.05, 4.69) is 17.1 Å². The molecule has 2 fully saturated rings. The minimum Gasteiger partial charge on any atom is -0.384 e. The lowest BCUT2D eigenvalue weighted by Crippen LogP contribution is -2.58. The second-order valence-electron chi connectivity index (χ2n) is 6.83. The van der Waals surface area contributed by atoms with Crippen molar-refractivity contribution >= 4 is 5.91 Å².